The fourth-order valence-corrected chi connectivity index (χ4v) is 2.75. The van der Waals surface area contributed by atoms with Gasteiger partial charge in [0.25, 0.3) is 0 Å². The molecule has 2 aromatic rings. The Morgan fingerprint density at radius 2 is 1.95 bits per heavy atom. The van der Waals surface area contributed by atoms with Crippen LogP contribution in [0.4, 0.5) is 5.69 Å². The number of fused-ring (bicyclic) bond motifs is 1. The second-order valence-electron chi connectivity index (χ2n) is 4.57. The van der Waals surface area contributed by atoms with Gasteiger partial charge in [-0.05, 0) is 43.1 Å². The van der Waals surface area contributed by atoms with Crippen LogP contribution in [0, 0.1) is 0 Å². The van der Waals surface area contributed by atoms with Gasteiger partial charge in [0.1, 0.15) is 0 Å². The summed E-state index contributed by atoms with van der Waals surface area (Å²) >= 11 is 8.91. The van der Waals surface area contributed by atoms with E-state index in [2.05, 4.69) is 38.7 Å². The molecule has 0 aliphatic carbocycles. The van der Waals surface area contributed by atoms with E-state index in [0.717, 1.165) is 41.7 Å². The molecule has 5 heteroatoms. The molecule has 0 aliphatic rings. The summed E-state index contributed by atoms with van der Waals surface area (Å²) in [6.45, 7) is 4.32. The highest BCUT2D eigenvalue weighted by atomic mass is 79.9. The predicted molar refractivity (Wildman–Crippen MR) is 97.0 cm³/mol. The Hall–Kier alpha value is -1.17. The van der Waals surface area contributed by atoms with Crippen LogP contribution in [-0.2, 0) is 4.74 Å². The molecule has 0 atom stereocenters. The zero-order chi connectivity index (χ0) is 15.1. The van der Waals surface area contributed by atoms with Crippen molar-refractivity contribution in [3.05, 3.63) is 40.9 Å². The second kappa shape index (κ2) is 8.32. The zero-order valence-electron chi connectivity index (χ0n) is 12.0. The topological polar surface area (TPSA) is 33.3 Å². The van der Waals surface area contributed by atoms with E-state index in [0.29, 0.717) is 5.11 Å². The molecular weight excluding hydrogens is 348 g/mol. The van der Waals surface area contributed by atoms with Crippen LogP contribution in [0.15, 0.2) is 40.9 Å². The molecule has 0 fully saturated rings. The van der Waals surface area contributed by atoms with Crippen LogP contribution in [0.2, 0.25) is 0 Å². The number of anilines is 1. The summed E-state index contributed by atoms with van der Waals surface area (Å²) in [6.07, 6.45) is 0.941. The summed E-state index contributed by atoms with van der Waals surface area (Å²) < 4.78 is 6.38. The third-order valence-corrected chi connectivity index (χ3v) is 4.01. The van der Waals surface area contributed by atoms with Crippen LogP contribution in [0.3, 0.4) is 0 Å². The second-order valence-corrected chi connectivity index (χ2v) is 5.83. The Bertz CT molecular complexity index is 618. The fraction of sp³-hybridized carbons (Fsp3) is 0.312. The minimum absolute atomic E-state index is 0.638. The number of ether oxygens (including phenoxy) is 1. The molecule has 2 rings (SSSR count). The third-order valence-electron chi connectivity index (χ3n) is 3.07. The molecule has 0 heterocycles. The fourth-order valence-electron chi connectivity index (χ4n) is 2.06. The van der Waals surface area contributed by atoms with Crippen molar-refractivity contribution in [3.63, 3.8) is 0 Å². The van der Waals surface area contributed by atoms with Gasteiger partial charge in [0.05, 0.1) is 0 Å². The molecule has 112 valence electrons. The van der Waals surface area contributed by atoms with Crippen molar-refractivity contribution in [3.8, 4) is 0 Å². The summed E-state index contributed by atoms with van der Waals surface area (Å²) in [5.41, 5.74) is 1.01. The van der Waals surface area contributed by atoms with Crippen molar-refractivity contribution in [1.29, 1.82) is 0 Å². The first-order valence-corrected chi connectivity index (χ1v) is 8.22. The quantitative estimate of drug-likeness (QED) is 0.589. The normalized spacial score (nSPS) is 10.6. The Kier molecular flexibility index (Phi) is 6.42. The van der Waals surface area contributed by atoms with Crippen molar-refractivity contribution in [2.24, 2.45) is 0 Å². The molecule has 0 aromatic heterocycles. The van der Waals surface area contributed by atoms with Crippen molar-refractivity contribution in [2.45, 2.75) is 13.3 Å². The molecule has 0 bridgehead atoms. The average molecular weight is 367 g/mol. The van der Waals surface area contributed by atoms with E-state index in [4.69, 9.17) is 17.0 Å². The molecule has 0 saturated carbocycles. The summed E-state index contributed by atoms with van der Waals surface area (Å²) in [5, 5.41) is 9.41. The number of hydrogen-bond acceptors (Lipinski definition) is 2. The highest BCUT2D eigenvalue weighted by Gasteiger charge is 2.05. The smallest absolute Gasteiger partial charge is 0.170 e. The number of rotatable bonds is 6. The Morgan fingerprint density at radius 3 is 2.71 bits per heavy atom. The number of hydrogen-bond donors (Lipinski definition) is 2. The Balaban J connectivity index is 1.97. The van der Waals surface area contributed by atoms with Crippen molar-refractivity contribution < 1.29 is 4.74 Å². The van der Waals surface area contributed by atoms with Crippen molar-refractivity contribution in [2.75, 3.05) is 25.1 Å². The maximum Gasteiger partial charge on any atom is 0.170 e. The maximum absolute atomic E-state index is 5.34. The lowest BCUT2D eigenvalue weighted by molar-refractivity contribution is 0.146. The molecule has 0 aliphatic heterocycles. The molecule has 21 heavy (non-hydrogen) atoms. The third kappa shape index (κ3) is 4.66. The van der Waals surface area contributed by atoms with Gasteiger partial charge in [0.2, 0.25) is 0 Å². The van der Waals surface area contributed by atoms with E-state index in [1.807, 2.05) is 31.2 Å². The molecule has 2 aromatic carbocycles. The van der Waals surface area contributed by atoms with E-state index in [1.165, 1.54) is 5.39 Å². The van der Waals surface area contributed by atoms with Crippen LogP contribution in [0.25, 0.3) is 10.8 Å². The van der Waals surface area contributed by atoms with Gasteiger partial charge in [-0.15, -0.1) is 0 Å². The average Bonchev–Trinajstić information content (AvgIpc) is 2.50. The van der Waals surface area contributed by atoms with Crippen LogP contribution in [-0.4, -0.2) is 24.9 Å². The first-order valence-electron chi connectivity index (χ1n) is 7.02. The summed E-state index contributed by atoms with van der Waals surface area (Å²) in [7, 11) is 0. The van der Waals surface area contributed by atoms with Gasteiger partial charge in [-0.1, -0.05) is 40.2 Å². The zero-order valence-corrected chi connectivity index (χ0v) is 14.4. The lowest BCUT2D eigenvalue weighted by Gasteiger charge is -2.13. The lowest BCUT2D eigenvalue weighted by Crippen LogP contribution is -2.29. The van der Waals surface area contributed by atoms with Gasteiger partial charge in [0.15, 0.2) is 5.11 Å². The van der Waals surface area contributed by atoms with Crippen LogP contribution in [0.5, 0.6) is 0 Å². The SMILES string of the molecule is CCOCCCNC(=S)Nc1ccc(Br)c2ccccc12. The molecule has 0 spiro atoms. The minimum Gasteiger partial charge on any atom is -0.382 e. The highest BCUT2D eigenvalue weighted by molar-refractivity contribution is 9.10. The lowest BCUT2D eigenvalue weighted by atomic mass is 10.1. The van der Waals surface area contributed by atoms with Gasteiger partial charge in [-0.3, -0.25) is 0 Å². The molecular formula is C16H19BrN2OS. The molecule has 0 amide bonds. The summed E-state index contributed by atoms with van der Waals surface area (Å²) in [4.78, 5) is 0. The van der Waals surface area contributed by atoms with Gasteiger partial charge in [0, 0.05) is 35.3 Å². The number of benzene rings is 2. The summed E-state index contributed by atoms with van der Waals surface area (Å²) in [5.74, 6) is 0. The van der Waals surface area contributed by atoms with E-state index < -0.39 is 0 Å². The van der Waals surface area contributed by atoms with E-state index in [-0.39, 0.29) is 0 Å². The van der Waals surface area contributed by atoms with Gasteiger partial charge in [-0.2, -0.15) is 0 Å². The Morgan fingerprint density at radius 1 is 1.19 bits per heavy atom. The molecule has 0 unspecified atom stereocenters. The number of halogens is 1. The van der Waals surface area contributed by atoms with E-state index in [9.17, 15) is 0 Å². The van der Waals surface area contributed by atoms with E-state index >= 15 is 0 Å². The first-order chi connectivity index (χ1) is 10.2. The number of nitrogens with one attached hydrogen (secondary N) is 2. The molecule has 0 radical (unpaired) electrons. The number of thiocarbonyl (C=S) groups is 1. The summed E-state index contributed by atoms with van der Waals surface area (Å²) in [6, 6.07) is 12.3. The van der Waals surface area contributed by atoms with Crippen LogP contribution in [0.1, 0.15) is 13.3 Å². The standard InChI is InChI=1S/C16H19BrN2OS/c1-2-20-11-5-10-18-16(21)19-15-9-8-14(17)12-6-3-4-7-13(12)15/h3-4,6-9H,2,5,10-11H2,1H3,(H2,18,19,21). The minimum atomic E-state index is 0.638. The molecule has 0 saturated heterocycles. The first kappa shape index (κ1) is 16.2. The van der Waals surface area contributed by atoms with Crippen molar-refractivity contribution in [1.82, 2.24) is 5.32 Å². The van der Waals surface area contributed by atoms with Crippen LogP contribution >= 0.6 is 28.1 Å². The Labute approximate surface area is 139 Å². The maximum atomic E-state index is 5.34. The van der Waals surface area contributed by atoms with E-state index in [1.54, 1.807) is 0 Å². The molecule has 3 nitrogen and oxygen atoms in total. The van der Waals surface area contributed by atoms with Crippen molar-refractivity contribution >= 4 is 49.7 Å². The van der Waals surface area contributed by atoms with Gasteiger partial charge < -0.3 is 15.4 Å². The van der Waals surface area contributed by atoms with Gasteiger partial charge in [-0.25, -0.2) is 0 Å². The largest absolute Gasteiger partial charge is 0.382 e. The highest BCUT2D eigenvalue weighted by Crippen LogP contribution is 2.29. The van der Waals surface area contributed by atoms with Crippen LogP contribution < -0.4 is 10.6 Å². The van der Waals surface area contributed by atoms with Gasteiger partial charge >= 0.3 is 0 Å². The monoisotopic (exact) mass is 366 g/mol. The predicted octanol–water partition coefficient (Wildman–Crippen LogP) is 4.32. The molecule has 2 N–H and O–H groups in total.